The van der Waals surface area contributed by atoms with Gasteiger partial charge >= 0.3 is 0 Å². The van der Waals surface area contributed by atoms with Gasteiger partial charge in [0.2, 0.25) is 0 Å². The highest BCUT2D eigenvalue weighted by molar-refractivity contribution is 6.13. The average molecular weight is 601 g/mol. The van der Waals surface area contributed by atoms with Gasteiger partial charge in [0.15, 0.2) is 0 Å². The predicted octanol–water partition coefficient (Wildman–Crippen LogP) is 10.7. The standard InChI is InChI=1S/C44H44N2/c1-5-42-45-39-19-10-11-20-41(39)46(42)40-24-22-33(27-30(40)4)43-35-15-6-8-17-37(35)44(38-18-9-7-16-36(38)43)34-23-21-32(26-29(34)3)31-14-12-13-28(2)25-31/h6-12,14-30,34,39-41H,5,13H2,1-4H3. The van der Waals surface area contributed by atoms with E-state index >= 15 is 0 Å². The van der Waals surface area contributed by atoms with Crippen LogP contribution in [0.25, 0.3) is 27.1 Å². The quantitative estimate of drug-likeness (QED) is 0.266. The lowest BCUT2D eigenvalue weighted by Crippen LogP contribution is -2.47. The summed E-state index contributed by atoms with van der Waals surface area (Å²) in [6.45, 7) is 9.32. The zero-order chi connectivity index (χ0) is 31.4. The highest BCUT2D eigenvalue weighted by Crippen LogP contribution is 2.46. The van der Waals surface area contributed by atoms with E-state index in [2.05, 4.69) is 160 Å². The summed E-state index contributed by atoms with van der Waals surface area (Å²) >= 11 is 0. The van der Waals surface area contributed by atoms with Gasteiger partial charge in [-0.05, 0) is 73.6 Å². The second-order valence-electron chi connectivity index (χ2n) is 13.9. The number of benzene rings is 3. The van der Waals surface area contributed by atoms with E-state index in [4.69, 9.17) is 4.99 Å². The predicted molar refractivity (Wildman–Crippen MR) is 197 cm³/mol. The molecule has 7 atom stereocenters. The van der Waals surface area contributed by atoms with Gasteiger partial charge < -0.3 is 4.90 Å². The fraction of sp³-hybridized carbons (Fsp3) is 0.295. The van der Waals surface area contributed by atoms with E-state index in [0.29, 0.717) is 29.7 Å². The first kappa shape index (κ1) is 29.0. The summed E-state index contributed by atoms with van der Waals surface area (Å²) in [5, 5.41) is 5.42. The summed E-state index contributed by atoms with van der Waals surface area (Å²) < 4.78 is 0. The number of fused-ring (bicyclic) bond motifs is 3. The Morgan fingerprint density at radius 1 is 0.674 bits per heavy atom. The summed E-state index contributed by atoms with van der Waals surface area (Å²) in [7, 11) is 0. The minimum absolute atomic E-state index is 0.230. The first-order valence-electron chi connectivity index (χ1n) is 17.3. The van der Waals surface area contributed by atoms with Gasteiger partial charge in [-0.1, -0.05) is 155 Å². The van der Waals surface area contributed by atoms with E-state index in [9.17, 15) is 0 Å². The molecule has 0 aromatic heterocycles. The maximum atomic E-state index is 5.11. The molecule has 3 aromatic rings. The lowest BCUT2D eigenvalue weighted by molar-refractivity contribution is 0.275. The minimum Gasteiger partial charge on any atom is -0.344 e. The Labute approximate surface area is 274 Å². The van der Waals surface area contributed by atoms with E-state index in [1.54, 1.807) is 0 Å². The topological polar surface area (TPSA) is 15.6 Å². The third-order valence-corrected chi connectivity index (χ3v) is 10.8. The summed E-state index contributed by atoms with van der Waals surface area (Å²) in [4.78, 5) is 7.69. The van der Waals surface area contributed by atoms with Crippen molar-refractivity contribution in [3.8, 4) is 0 Å². The first-order chi connectivity index (χ1) is 22.5. The number of amidine groups is 1. The molecular weight excluding hydrogens is 556 g/mol. The molecule has 0 radical (unpaired) electrons. The Morgan fingerprint density at radius 2 is 1.33 bits per heavy atom. The number of hydrogen-bond acceptors (Lipinski definition) is 2. The molecule has 230 valence electrons. The van der Waals surface area contributed by atoms with Crippen LogP contribution in [0.4, 0.5) is 0 Å². The molecule has 2 nitrogen and oxygen atoms in total. The zero-order valence-corrected chi connectivity index (χ0v) is 27.5. The van der Waals surface area contributed by atoms with Crippen molar-refractivity contribution in [2.24, 2.45) is 22.7 Å². The summed E-state index contributed by atoms with van der Waals surface area (Å²) in [6.07, 6.45) is 32.8. The van der Waals surface area contributed by atoms with Crippen LogP contribution in [0.5, 0.6) is 0 Å². The first-order valence-corrected chi connectivity index (χ1v) is 17.3. The lowest BCUT2D eigenvalue weighted by Gasteiger charge is -2.38. The summed E-state index contributed by atoms with van der Waals surface area (Å²) in [6, 6.07) is 19.1. The number of aliphatic imine (C=N–C) groups is 1. The highest BCUT2D eigenvalue weighted by atomic mass is 15.3. The lowest BCUT2D eigenvalue weighted by atomic mass is 9.75. The van der Waals surface area contributed by atoms with Crippen molar-refractivity contribution < 1.29 is 0 Å². The zero-order valence-electron chi connectivity index (χ0n) is 27.5. The van der Waals surface area contributed by atoms with Crippen molar-refractivity contribution in [3.63, 3.8) is 0 Å². The van der Waals surface area contributed by atoms with E-state index in [-0.39, 0.29) is 12.1 Å². The Balaban J connectivity index is 1.20. The molecular formula is C44H44N2. The van der Waals surface area contributed by atoms with Crippen LogP contribution >= 0.6 is 0 Å². The number of nitrogens with zero attached hydrogens (tertiary/aromatic N) is 2. The monoisotopic (exact) mass is 600 g/mol. The molecule has 4 aliphatic carbocycles. The van der Waals surface area contributed by atoms with Crippen molar-refractivity contribution in [3.05, 3.63) is 150 Å². The Morgan fingerprint density at radius 3 is 2.00 bits per heavy atom. The van der Waals surface area contributed by atoms with Gasteiger partial charge in [-0.3, -0.25) is 4.99 Å². The molecule has 0 spiro atoms. The van der Waals surface area contributed by atoms with Gasteiger partial charge in [0, 0.05) is 12.3 Å². The number of hydrogen-bond donors (Lipinski definition) is 0. The van der Waals surface area contributed by atoms with Crippen LogP contribution < -0.4 is 0 Å². The van der Waals surface area contributed by atoms with Gasteiger partial charge in [-0.2, -0.15) is 0 Å². The van der Waals surface area contributed by atoms with Crippen molar-refractivity contribution in [2.75, 3.05) is 0 Å². The smallest absolute Gasteiger partial charge is 0.101 e. The van der Waals surface area contributed by atoms with E-state index in [0.717, 1.165) is 12.8 Å². The molecule has 0 bridgehead atoms. The Bertz CT molecular complexity index is 1930. The van der Waals surface area contributed by atoms with E-state index in [1.165, 1.54) is 55.2 Å². The molecule has 7 unspecified atom stereocenters. The Kier molecular flexibility index (Phi) is 7.40. The van der Waals surface area contributed by atoms with Crippen LogP contribution in [0.15, 0.2) is 144 Å². The molecule has 0 fully saturated rings. The third kappa shape index (κ3) is 4.81. The SMILES string of the molecule is CCC1=NC2C=CC=CC2N1C1C=CC(c2c3ccccc3c(C3C=CC(C4=CC(C)CC=C4)=CC3C)c3ccccc23)=CC1C. The third-order valence-electron chi connectivity index (χ3n) is 10.8. The van der Waals surface area contributed by atoms with Gasteiger partial charge in [0.05, 0.1) is 18.1 Å². The van der Waals surface area contributed by atoms with Crippen molar-refractivity contribution in [1.29, 1.82) is 0 Å². The highest BCUT2D eigenvalue weighted by Gasteiger charge is 2.39. The van der Waals surface area contributed by atoms with Crippen LogP contribution in [0.3, 0.4) is 0 Å². The molecule has 3 aromatic carbocycles. The second-order valence-corrected chi connectivity index (χ2v) is 13.9. The van der Waals surface area contributed by atoms with Crippen LogP contribution in [0.2, 0.25) is 0 Å². The van der Waals surface area contributed by atoms with Gasteiger partial charge in [-0.15, -0.1) is 0 Å². The fourth-order valence-corrected chi connectivity index (χ4v) is 8.58. The maximum Gasteiger partial charge on any atom is 0.101 e. The van der Waals surface area contributed by atoms with Crippen LogP contribution in [0, 0.1) is 17.8 Å². The molecule has 0 saturated heterocycles. The molecule has 0 amide bonds. The fourth-order valence-electron chi connectivity index (χ4n) is 8.58. The molecule has 8 rings (SSSR count). The normalized spacial score (nSPS) is 30.0. The molecule has 0 saturated carbocycles. The van der Waals surface area contributed by atoms with E-state index in [1.807, 2.05) is 0 Å². The number of allylic oxidation sites excluding steroid dienone is 12. The van der Waals surface area contributed by atoms with Gasteiger partial charge in [0.1, 0.15) is 5.84 Å². The van der Waals surface area contributed by atoms with E-state index < -0.39 is 0 Å². The largest absolute Gasteiger partial charge is 0.344 e. The molecule has 1 aliphatic heterocycles. The van der Waals surface area contributed by atoms with Crippen molar-refractivity contribution >= 4 is 33.0 Å². The molecule has 5 aliphatic rings. The van der Waals surface area contributed by atoms with Crippen molar-refractivity contribution in [2.45, 2.75) is 64.6 Å². The summed E-state index contributed by atoms with van der Waals surface area (Å²) in [5.41, 5.74) is 6.86. The molecule has 46 heavy (non-hydrogen) atoms. The summed E-state index contributed by atoms with van der Waals surface area (Å²) in [5.74, 6) is 2.87. The average Bonchev–Trinajstić information content (AvgIpc) is 3.46. The van der Waals surface area contributed by atoms with Crippen molar-refractivity contribution in [1.82, 2.24) is 4.90 Å². The second kappa shape index (κ2) is 11.7. The maximum absolute atomic E-state index is 5.11. The van der Waals surface area contributed by atoms with Crippen LogP contribution in [-0.2, 0) is 0 Å². The molecule has 2 heteroatoms. The van der Waals surface area contributed by atoms with Crippen LogP contribution in [-0.4, -0.2) is 28.9 Å². The molecule has 1 heterocycles. The van der Waals surface area contributed by atoms with Gasteiger partial charge in [0.25, 0.3) is 0 Å². The Hall–Kier alpha value is -4.43. The minimum atomic E-state index is 0.230. The number of rotatable bonds is 5. The van der Waals surface area contributed by atoms with Gasteiger partial charge in [-0.25, -0.2) is 0 Å². The molecule has 0 N–H and O–H groups in total. The van der Waals surface area contributed by atoms with Crippen LogP contribution in [0.1, 0.15) is 57.6 Å².